The second-order valence-electron chi connectivity index (χ2n) is 0.714. The normalized spacial score (nSPS) is 20.2. The molecule has 0 aromatic rings. The van der Waals surface area contributed by atoms with Gasteiger partial charge in [-0.25, -0.2) is 0 Å². The maximum atomic E-state index is 5.04. The quantitative estimate of drug-likeness (QED) is 0.609. The van der Waals surface area contributed by atoms with Crippen molar-refractivity contribution in [2.75, 3.05) is 0 Å². The third-order valence-corrected chi connectivity index (χ3v) is 0. The van der Waals surface area contributed by atoms with Gasteiger partial charge in [0.25, 0.3) is 0 Å². The van der Waals surface area contributed by atoms with Gasteiger partial charge in [0.15, 0.2) is 0 Å². The maximum absolute atomic E-state index is 5.15. The average molecular weight is 334 g/mol. The molecule has 0 unspecified atom stereocenters. The Morgan fingerprint density at radius 1 is 0.625 bits per heavy atom. The first-order valence-electron chi connectivity index (χ1n) is 0.756. The molecule has 0 amide bonds. The van der Waals surface area contributed by atoms with Crippen LogP contribution in [0.3, 0.4) is 0 Å². The molecule has 0 aromatic heterocycles. The molecule has 0 aliphatic carbocycles. The van der Waals surface area contributed by atoms with Gasteiger partial charge in [-0.1, -0.05) is 0 Å². The minimum absolute atomic E-state index is 0. The van der Waals surface area contributed by atoms with Crippen molar-refractivity contribution in [2.24, 2.45) is 0 Å². The van der Waals surface area contributed by atoms with Crippen LogP contribution in [0.15, 0.2) is 0 Å². The zero-order valence-corrected chi connectivity index (χ0v) is 9.28. The molecule has 0 radical (unpaired) electrons. The summed E-state index contributed by atoms with van der Waals surface area (Å²) in [5, 5.41) is 0. The summed E-state index contributed by atoms with van der Waals surface area (Å²) in [7, 11) is 30.2. The third kappa shape index (κ3) is 82.7. The molecule has 0 bridgehead atoms. The SMILES string of the molecule is O.[Cl][Rh]([Cl])([Cl])([Cl])([Cl])[Cl]. The topological polar surface area (TPSA) is 31.5 Å². The fourth-order valence-electron chi connectivity index (χ4n) is 0. The molecule has 0 saturated heterocycles. The van der Waals surface area contributed by atoms with Crippen molar-refractivity contribution in [2.45, 2.75) is 0 Å². The standard InChI is InChI=1S/6ClH.H2O.Rh/h6*1H;1H2;/q;;;;;;;+6/p-6. The molecular formula is H2Cl6ORh. The summed E-state index contributed by atoms with van der Waals surface area (Å²) in [6.45, 7) is -5.15. The van der Waals surface area contributed by atoms with E-state index in [9.17, 15) is 0 Å². The summed E-state index contributed by atoms with van der Waals surface area (Å²) in [6.07, 6.45) is 0. The Bertz CT molecular complexity index is 67.1. The fraction of sp³-hybridized carbons (Fsp3) is 0. The van der Waals surface area contributed by atoms with Crippen molar-refractivity contribution >= 4 is 58.1 Å². The van der Waals surface area contributed by atoms with Crippen LogP contribution in [-0.2, 0) is 6.48 Å². The van der Waals surface area contributed by atoms with Gasteiger partial charge in [-0.05, 0) is 0 Å². The molecule has 0 fully saturated rings. The van der Waals surface area contributed by atoms with Gasteiger partial charge in [0, 0.05) is 0 Å². The molecule has 8 heteroatoms. The Balaban J connectivity index is 0. The molecule has 0 spiro atoms. The Morgan fingerprint density at radius 2 is 0.625 bits per heavy atom. The fourth-order valence-corrected chi connectivity index (χ4v) is 0. The van der Waals surface area contributed by atoms with Crippen LogP contribution in [0.25, 0.3) is 0 Å². The number of rotatable bonds is 0. The molecular weight excluding hydrogens is 332 g/mol. The molecule has 0 aromatic carbocycles. The minimum atomic E-state index is -5.15. The predicted molar refractivity (Wildman–Crippen MR) is 38.7 cm³/mol. The second kappa shape index (κ2) is 2.15. The molecule has 0 aliphatic heterocycles. The molecule has 8 heavy (non-hydrogen) atoms. The number of halogens is 6. The molecule has 1 nitrogen and oxygen atoms in total. The van der Waals surface area contributed by atoms with Gasteiger partial charge >= 0.3 is 64.6 Å². The third-order valence-electron chi connectivity index (χ3n) is 0. The average Bonchev–Trinajstić information content (AvgIpc) is 0.592. The Hall–Kier alpha value is 2.32. The van der Waals surface area contributed by atoms with E-state index < -0.39 is 6.48 Å². The van der Waals surface area contributed by atoms with Gasteiger partial charge in [-0.3, -0.25) is 0 Å². The summed E-state index contributed by atoms with van der Waals surface area (Å²) in [4.78, 5) is 0. The summed E-state index contributed by atoms with van der Waals surface area (Å²) >= 11 is 0. The van der Waals surface area contributed by atoms with Gasteiger partial charge in [0.1, 0.15) is 0 Å². The van der Waals surface area contributed by atoms with E-state index in [0.29, 0.717) is 0 Å². The number of hydrogen-bond donors (Lipinski definition) is 0. The van der Waals surface area contributed by atoms with Crippen molar-refractivity contribution in [1.29, 1.82) is 0 Å². The van der Waals surface area contributed by atoms with Crippen LogP contribution in [0.1, 0.15) is 0 Å². The predicted octanol–water partition coefficient (Wildman–Crippen LogP) is 3.31. The van der Waals surface area contributed by atoms with Crippen LogP contribution in [-0.4, -0.2) is 5.48 Å². The molecule has 0 rings (SSSR count). The van der Waals surface area contributed by atoms with Gasteiger partial charge < -0.3 is 5.48 Å². The Kier molecular flexibility index (Phi) is 3.48. The summed E-state index contributed by atoms with van der Waals surface area (Å²) in [5.74, 6) is 0. The molecule has 0 saturated carbocycles. The second-order valence-corrected chi connectivity index (χ2v) is 38.0. The summed E-state index contributed by atoms with van der Waals surface area (Å²) in [5.41, 5.74) is 0. The van der Waals surface area contributed by atoms with E-state index in [1.807, 2.05) is 0 Å². The van der Waals surface area contributed by atoms with Crippen LogP contribution in [0, 0.1) is 0 Å². The van der Waals surface area contributed by atoms with E-state index in [2.05, 4.69) is 0 Å². The van der Waals surface area contributed by atoms with Crippen molar-refractivity contribution < 1.29 is 12.0 Å². The summed E-state index contributed by atoms with van der Waals surface area (Å²) in [6, 6.07) is 0. The van der Waals surface area contributed by atoms with Crippen molar-refractivity contribution in [3.05, 3.63) is 0 Å². The molecule has 2 N–H and O–H groups in total. The van der Waals surface area contributed by atoms with Crippen molar-refractivity contribution in [3.8, 4) is 0 Å². The van der Waals surface area contributed by atoms with E-state index in [0.717, 1.165) is 0 Å². The van der Waals surface area contributed by atoms with Crippen LogP contribution in [0.2, 0.25) is 0 Å². The zero-order chi connectivity index (χ0) is 6.41. The van der Waals surface area contributed by atoms with Crippen molar-refractivity contribution in [1.82, 2.24) is 0 Å². The zero-order valence-electron chi connectivity index (χ0n) is 3.10. The van der Waals surface area contributed by atoms with Crippen LogP contribution >= 0.6 is 58.1 Å². The molecule has 0 heterocycles. The van der Waals surface area contributed by atoms with Gasteiger partial charge in [0.05, 0.1) is 0 Å². The summed E-state index contributed by atoms with van der Waals surface area (Å²) < 4.78 is 0. The van der Waals surface area contributed by atoms with Crippen LogP contribution < -0.4 is 0 Å². The molecule has 0 atom stereocenters. The van der Waals surface area contributed by atoms with E-state index in [-0.39, 0.29) is 5.48 Å². The van der Waals surface area contributed by atoms with E-state index in [1.165, 1.54) is 0 Å². The van der Waals surface area contributed by atoms with Gasteiger partial charge in [-0.2, -0.15) is 0 Å². The first kappa shape index (κ1) is 13.0. The Labute approximate surface area is 69.4 Å². The van der Waals surface area contributed by atoms with E-state index >= 15 is 0 Å². The van der Waals surface area contributed by atoms with Gasteiger partial charge in [0.2, 0.25) is 0 Å². The monoisotopic (exact) mass is 331 g/mol. The number of hydrogen-bond acceptors (Lipinski definition) is 0. The van der Waals surface area contributed by atoms with Crippen LogP contribution in [0.5, 0.6) is 0 Å². The Morgan fingerprint density at radius 3 is 0.625 bits per heavy atom. The van der Waals surface area contributed by atoms with Crippen LogP contribution in [0.4, 0.5) is 0 Å². The first-order chi connectivity index (χ1) is 2.45. The van der Waals surface area contributed by atoms with E-state index in [1.54, 1.807) is 0 Å². The molecule has 0 aliphatic rings. The molecule has 59 valence electrons. The van der Waals surface area contributed by atoms with E-state index in [4.69, 9.17) is 58.1 Å². The first-order valence-corrected chi connectivity index (χ1v) is 13.4. The van der Waals surface area contributed by atoms with Gasteiger partial charge in [-0.15, -0.1) is 0 Å². The van der Waals surface area contributed by atoms with Crippen molar-refractivity contribution in [3.63, 3.8) is 0 Å².